The third kappa shape index (κ3) is 3.22. The lowest BCUT2D eigenvalue weighted by Crippen LogP contribution is -2.55. The lowest BCUT2D eigenvalue weighted by molar-refractivity contribution is -0.145. The van der Waals surface area contributed by atoms with E-state index in [1.54, 1.807) is 12.1 Å². The van der Waals surface area contributed by atoms with E-state index in [2.05, 4.69) is 21.2 Å². The molecule has 1 heterocycles. The lowest BCUT2D eigenvalue weighted by atomic mass is 9.73. The van der Waals surface area contributed by atoms with Gasteiger partial charge in [0.25, 0.3) is 5.91 Å². The van der Waals surface area contributed by atoms with Crippen molar-refractivity contribution < 1.29 is 24.2 Å². The van der Waals surface area contributed by atoms with Crippen LogP contribution in [0.5, 0.6) is 11.5 Å². The lowest BCUT2D eigenvalue weighted by Gasteiger charge is -2.39. The van der Waals surface area contributed by atoms with E-state index in [1.807, 2.05) is 6.92 Å². The van der Waals surface area contributed by atoms with Gasteiger partial charge in [-0.2, -0.15) is 0 Å². The molecule has 2 aliphatic rings. The standard InChI is InChI=1S/C17H20BrNO5/c1-17(5-3-2-4-11(17)16(21)22)19-15(20)10-8-12(18)14-13(9-10)23-6-7-24-14/h8-9,11H,2-7H2,1H3,(H,19,20)(H,21,22). The highest BCUT2D eigenvalue weighted by molar-refractivity contribution is 9.10. The fourth-order valence-corrected chi connectivity index (χ4v) is 4.01. The average molecular weight is 398 g/mol. The molecule has 0 aromatic heterocycles. The van der Waals surface area contributed by atoms with E-state index < -0.39 is 17.4 Å². The molecule has 7 heteroatoms. The Kier molecular flexibility index (Phi) is 4.71. The van der Waals surface area contributed by atoms with Crippen LogP contribution in [0, 0.1) is 5.92 Å². The number of carbonyl (C=O) groups is 2. The number of amides is 1. The molecule has 1 aliphatic heterocycles. The Labute approximate surface area is 148 Å². The van der Waals surface area contributed by atoms with E-state index in [4.69, 9.17) is 9.47 Å². The van der Waals surface area contributed by atoms with Crippen molar-refractivity contribution in [1.29, 1.82) is 0 Å². The molecule has 0 spiro atoms. The highest BCUT2D eigenvalue weighted by Crippen LogP contribution is 2.39. The first kappa shape index (κ1) is 17.1. The van der Waals surface area contributed by atoms with Crippen LogP contribution in [0.4, 0.5) is 0 Å². The maximum absolute atomic E-state index is 12.7. The SMILES string of the molecule is CC1(NC(=O)c2cc(Br)c3c(c2)OCCO3)CCCCC1C(=O)O. The smallest absolute Gasteiger partial charge is 0.308 e. The van der Waals surface area contributed by atoms with E-state index in [0.29, 0.717) is 47.6 Å². The van der Waals surface area contributed by atoms with Gasteiger partial charge in [-0.1, -0.05) is 12.8 Å². The topological polar surface area (TPSA) is 84.9 Å². The fraction of sp³-hybridized carbons (Fsp3) is 0.529. The van der Waals surface area contributed by atoms with Crippen molar-refractivity contribution in [3.8, 4) is 11.5 Å². The van der Waals surface area contributed by atoms with Gasteiger partial charge in [-0.15, -0.1) is 0 Å². The summed E-state index contributed by atoms with van der Waals surface area (Å²) in [4.78, 5) is 24.2. The number of aliphatic carboxylic acids is 1. The zero-order valence-electron chi connectivity index (χ0n) is 13.4. The van der Waals surface area contributed by atoms with Crippen LogP contribution >= 0.6 is 15.9 Å². The predicted molar refractivity (Wildman–Crippen MR) is 90.6 cm³/mol. The molecule has 1 aliphatic carbocycles. The molecule has 0 bridgehead atoms. The molecule has 0 radical (unpaired) electrons. The van der Waals surface area contributed by atoms with Crippen LogP contribution in [0.2, 0.25) is 0 Å². The van der Waals surface area contributed by atoms with Crippen molar-refractivity contribution in [2.24, 2.45) is 5.92 Å². The van der Waals surface area contributed by atoms with Crippen molar-refractivity contribution in [2.45, 2.75) is 38.1 Å². The van der Waals surface area contributed by atoms with Crippen LogP contribution in [0.3, 0.4) is 0 Å². The Hall–Kier alpha value is -1.76. The van der Waals surface area contributed by atoms with Crippen molar-refractivity contribution in [1.82, 2.24) is 5.32 Å². The van der Waals surface area contributed by atoms with Crippen LogP contribution in [-0.2, 0) is 4.79 Å². The number of rotatable bonds is 3. The molecular formula is C17H20BrNO5. The number of hydrogen-bond acceptors (Lipinski definition) is 4. The molecule has 2 N–H and O–H groups in total. The van der Waals surface area contributed by atoms with Gasteiger partial charge in [0.2, 0.25) is 0 Å². The van der Waals surface area contributed by atoms with Crippen molar-refractivity contribution in [3.05, 3.63) is 22.2 Å². The quantitative estimate of drug-likeness (QED) is 0.818. The van der Waals surface area contributed by atoms with Gasteiger partial charge >= 0.3 is 5.97 Å². The third-order valence-electron chi connectivity index (χ3n) is 4.76. The summed E-state index contributed by atoms with van der Waals surface area (Å²) in [5.41, 5.74) is -0.331. The summed E-state index contributed by atoms with van der Waals surface area (Å²) in [6.45, 7) is 2.72. The largest absolute Gasteiger partial charge is 0.486 e. The second kappa shape index (κ2) is 6.63. The van der Waals surface area contributed by atoms with Crippen LogP contribution in [0.25, 0.3) is 0 Å². The molecular weight excluding hydrogens is 378 g/mol. The van der Waals surface area contributed by atoms with Crippen molar-refractivity contribution in [2.75, 3.05) is 13.2 Å². The molecule has 1 saturated carbocycles. The molecule has 2 unspecified atom stereocenters. The zero-order valence-corrected chi connectivity index (χ0v) is 15.0. The number of hydrogen-bond donors (Lipinski definition) is 2. The minimum Gasteiger partial charge on any atom is -0.486 e. The summed E-state index contributed by atoms with van der Waals surface area (Å²) in [5, 5.41) is 12.4. The Balaban J connectivity index is 1.84. The minimum absolute atomic E-state index is 0.302. The van der Waals surface area contributed by atoms with E-state index in [9.17, 15) is 14.7 Å². The maximum Gasteiger partial charge on any atom is 0.308 e. The number of benzene rings is 1. The van der Waals surface area contributed by atoms with Crippen LogP contribution in [-0.4, -0.2) is 35.7 Å². The average Bonchev–Trinajstić information content (AvgIpc) is 2.54. The molecule has 3 rings (SSSR count). The summed E-state index contributed by atoms with van der Waals surface area (Å²) in [7, 11) is 0. The van der Waals surface area contributed by atoms with E-state index in [0.717, 1.165) is 12.8 Å². The van der Waals surface area contributed by atoms with Crippen LogP contribution < -0.4 is 14.8 Å². The van der Waals surface area contributed by atoms with Gasteiger partial charge in [0.1, 0.15) is 13.2 Å². The van der Waals surface area contributed by atoms with Gasteiger partial charge < -0.3 is 19.9 Å². The predicted octanol–water partition coefficient (Wildman–Crippen LogP) is 2.98. The molecule has 1 amide bonds. The second-order valence-electron chi connectivity index (χ2n) is 6.49. The first-order valence-corrected chi connectivity index (χ1v) is 8.84. The summed E-state index contributed by atoms with van der Waals surface area (Å²) < 4.78 is 11.7. The molecule has 1 aromatic carbocycles. The number of carbonyl (C=O) groups excluding carboxylic acids is 1. The maximum atomic E-state index is 12.7. The second-order valence-corrected chi connectivity index (χ2v) is 7.34. The first-order valence-electron chi connectivity index (χ1n) is 8.05. The summed E-state index contributed by atoms with van der Waals surface area (Å²) in [6.07, 6.45) is 3.02. The normalized spacial score (nSPS) is 25.8. The molecule has 130 valence electrons. The molecule has 6 nitrogen and oxygen atoms in total. The van der Waals surface area contributed by atoms with Crippen LogP contribution in [0.1, 0.15) is 43.0 Å². The van der Waals surface area contributed by atoms with E-state index in [1.165, 1.54) is 0 Å². The molecule has 24 heavy (non-hydrogen) atoms. The number of ether oxygens (including phenoxy) is 2. The van der Waals surface area contributed by atoms with E-state index >= 15 is 0 Å². The van der Waals surface area contributed by atoms with Crippen LogP contribution in [0.15, 0.2) is 16.6 Å². The Morgan fingerprint density at radius 1 is 1.29 bits per heavy atom. The number of carboxylic acids is 1. The monoisotopic (exact) mass is 397 g/mol. The van der Waals surface area contributed by atoms with Crippen molar-refractivity contribution in [3.63, 3.8) is 0 Å². The van der Waals surface area contributed by atoms with Gasteiger partial charge in [-0.05, 0) is 47.8 Å². The third-order valence-corrected chi connectivity index (χ3v) is 5.35. The molecule has 2 atom stereocenters. The first-order chi connectivity index (χ1) is 11.4. The number of nitrogens with one attached hydrogen (secondary N) is 1. The Bertz CT molecular complexity index is 677. The fourth-order valence-electron chi connectivity index (χ4n) is 3.45. The van der Waals surface area contributed by atoms with Gasteiger partial charge in [-0.3, -0.25) is 9.59 Å². The zero-order chi connectivity index (χ0) is 17.3. The van der Waals surface area contributed by atoms with Gasteiger partial charge in [0, 0.05) is 5.56 Å². The number of carboxylic acid groups (broad SMARTS) is 1. The number of halogens is 1. The number of fused-ring (bicyclic) bond motifs is 1. The highest BCUT2D eigenvalue weighted by atomic mass is 79.9. The van der Waals surface area contributed by atoms with E-state index in [-0.39, 0.29) is 5.91 Å². The summed E-state index contributed by atoms with van der Waals surface area (Å²) in [5.74, 6) is -0.630. The van der Waals surface area contributed by atoms with Gasteiger partial charge in [0.05, 0.1) is 15.9 Å². The van der Waals surface area contributed by atoms with Gasteiger partial charge in [0.15, 0.2) is 11.5 Å². The minimum atomic E-state index is -0.860. The van der Waals surface area contributed by atoms with Gasteiger partial charge in [-0.25, -0.2) is 0 Å². The Morgan fingerprint density at radius 2 is 2.04 bits per heavy atom. The molecule has 1 fully saturated rings. The molecule has 0 saturated heterocycles. The molecule has 1 aromatic rings. The summed E-state index contributed by atoms with van der Waals surface area (Å²) in [6, 6.07) is 3.31. The highest BCUT2D eigenvalue weighted by Gasteiger charge is 2.42. The van der Waals surface area contributed by atoms with Crippen molar-refractivity contribution >= 4 is 27.8 Å². The Morgan fingerprint density at radius 3 is 2.79 bits per heavy atom. The summed E-state index contributed by atoms with van der Waals surface area (Å²) >= 11 is 3.40.